The Bertz CT molecular complexity index is 1280. The summed E-state index contributed by atoms with van der Waals surface area (Å²) in [6.45, 7) is 1.48. The van der Waals surface area contributed by atoms with Crippen LogP contribution < -0.4 is 21.1 Å². The zero-order chi connectivity index (χ0) is 24.4. The summed E-state index contributed by atoms with van der Waals surface area (Å²) in [4.78, 5) is 47.7. The lowest BCUT2D eigenvalue weighted by Crippen LogP contribution is -2.40. The Hall–Kier alpha value is -4.01. The molecule has 9 heteroatoms. The molecular formula is C26H26FN5O3. The fourth-order valence-corrected chi connectivity index (χ4v) is 4.79. The van der Waals surface area contributed by atoms with E-state index in [0.717, 1.165) is 32.4 Å². The minimum atomic E-state index is -0.995. The number of halogens is 1. The summed E-state index contributed by atoms with van der Waals surface area (Å²) >= 11 is 0. The summed E-state index contributed by atoms with van der Waals surface area (Å²) < 4.78 is 13.2. The van der Waals surface area contributed by atoms with Crippen LogP contribution in [-0.4, -0.2) is 34.9 Å². The van der Waals surface area contributed by atoms with Crippen LogP contribution in [0.2, 0.25) is 0 Å². The first-order valence-electron chi connectivity index (χ1n) is 11.8. The van der Waals surface area contributed by atoms with Crippen LogP contribution in [-0.2, 0) is 16.0 Å². The number of hydrogen-bond acceptors (Lipinski definition) is 5. The number of aromatic nitrogens is 2. The van der Waals surface area contributed by atoms with E-state index < -0.39 is 23.2 Å². The van der Waals surface area contributed by atoms with Crippen molar-refractivity contribution in [3.05, 3.63) is 81.9 Å². The number of aromatic amines is 1. The third-order valence-corrected chi connectivity index (χ3v) is 6.65. The molecule has 3 heterocycles. The number of H-pyrrole nitrogens is 1. The molecule has 3 aromatic rings. The predicted octanol–water partition coefficient (Wildman–Crippen LogP) is 3.43. The van der Waals surface area contributed by atoms with Crippen molar-refractivity contribution in [3.8, 4) is 0 Å². The quantitative estimate of drug-likeness (QED) is 0.524. The molecule has 1 fully saturated rings. The first-order valence-corrected chi connectivity index (χ1v) is 11.8. The highest BCUT2D eigenvalue weighted by molar-refractivity contribution is 6.04. The molecule has 35 heavy (non-hydrogen) atoms. The Morgan fingerprint density at radius 3 is 2.49 bits per heavy atom. The van der Waals surface area contributed by atoms with Gasteiger partial charge in [-0.05, 0) is 55.0 Å². The molecule has 2 amide bonds. The first-order chi connectivity index (χ1) is 17.0. The van der Waals surface area contributed by atoms with Crippen molar-refractivity contribution in [1.29, 1.82) is 0 Å². The molecule has 1 aromatic heterocycles. The second-order valence-corrected chi connectivity index (χ2v) is 9.07. The van der Waals surface area contributed by atoms with E-state index in [2.05, 4.69) is 32.7 Å². The number of amides is 2. The molecule has 2 aliphatic rings. The van der Waals surface area contributed by atoms with E-state index in [0.29, 0.717) is 17.6 Å². The third kappa shape index (κ3) is 5.08. The van der Waals surface area contributed by atoms with Crippen molar-refractivity contribution in [1.82, 2.24) is 9.97 Å². The van der Waals surface area contributed by atoms with Crippen LogP contribution in [0.5, 0.6) is 0 Å². The molecule has 2 aliphatic heterocycles. The molecule has 8 nitrogen and oxygen atoms in total. The molecule has 5 rings (SSSR count). The molecule has 0 saturated carbocycles. The Morgan fingerprint density at radius 2 is 1.77 bits per heavy atom. The van der Waals surface area contributed by atoms with Crippen molar-refractivity contribution >= 4 is 29.3 Å². The van der Waals surface area contributed by atoms with Gasteiger partial charge in [-0.1, -0.05) is 30.3 Å². The maximum absolute atomic E-state index is 13.2. The SMILES string of the molecule is O=C1C[C@@H](C(=O)Nc2ccc(F)cc2)c2c(nc(N3CCC(Cc4ccccc4)CC3)[nH]c2=O)N1. The number of rotatable bonds is 5. The lowest BCUT2D eigenvalue weighted by Gasteiger charge is -2.33. The zero-order valence-electron chi connectivity index (χ0n) is 19.1. The summed E-state index contributed by atoms with van der Waals surface area (Å²) in [5, 5.41) is 5.31. The average Bonchev–Trinajstić information content (AvgIpc) is 2.85. The second kappa shape index (κ2) is 9.69. The van der Waals surface area contributed by atoms with Gasteiger partial charge < -0.3 is 15.5 Å². The monoisotopic (exact) mass is 475 g/mol. The maximum Gasteiger partial charge on any atom is 0.258 e. The fraction of sp³-hybridized carbons (Fsp3) is 0.308. The standard InChI is InChI=1S/C26H26FN5O3/c27-18-6-8-19(9-7-18)28-24(34)20-15-21(33)29-23-22(20)25(35)31-26(30-23)32-12-10-17(11-13-32)14-16-4-2-1-3-5-16/h1-9,17,20H,10-15H2,(H,28,34)(H2,29,30,31,33,35)/t20-/m1/s1. The van der Waals surface area contributed by atoms with E-state index in [4.69, 9.17) is 0 Å². The number of nitrogens with zero attached hydrogens (tertiary/aromatic N) is 2. The Kier molecular flexibility index (Phi) is 6.31. The number of carbonyl (C=O) groups is 2. The van der Waals surface area contributed by atoms with Gasteiger partial charge in [-0.15, -0.1) is 0 Å². The van der Waals surface area contributed by atoms with Crippen molar-refractivity contribution < 1.29 is 14.0 Å². The number of benzene rings is 2. The van der Waals surface area contributed by atoms with Gasteiger partial charge in [0.25, 0.3) is 5.56 Å². The number of piperidine rings is 1. The Balaban J connectivity index is 1.31. The molecule has 0 aliphatic carbocycles. The van der Waals surface area contributed by atoms with E-state index in [1.54, 1.807) is 0 Å². The smallest absolute Gasteiger partial charge is 0.258 e. The number of anilines is 3. The van der Waals surface area contributed by atoms with Crippen molar-refractivity contribution in [2.75, 3.05) is 28.6 Å². The summed E-state index contributed by atoms with van der Waals surface area (Å²) in [5.41, 5.74) is 1.38. The normalized spacial score (nSPS) is 18.0. The van der Waals surface area contributed by atoms with Crippen LogP contribution in [0.4, 0.5) is 21.8 Å². The van der Waals surface area contributed by atoms with Crippen LogP contribution in [0.15, 0.2) is 59.4 Å². The van der Waals surface area contributed by atoms with E-state index in [1.165, 1.54) is 29.8 Å². The highest BCUT2D eigenvalue weighted by Crippen LogP contribution is 2.31. The maximum atomic E-state index is 13.2. The Morgan fingerprint density at radius 1 is 1.06 bits per heavy atom. The first kappa shape index (κ1) is 22.8. The van der Waals surface area contributed by atoms with E-state index in [9.17, 15) is 18.8 Å². The van der Waals surface area contributed by atoms with Crippen molar-refractivity contribution in [2.45, 2.75) is 31.6 Å². The van der Waals surface area contributed by atoms with Crippen molar-refractivity contribution in [3.63, 3.8) is 0 Å². The predicted molar refractivity (Wildman–Crippen MR) is 131 cm³/mol. The summed E-state index contributed by atoms with van der Waals surface area (Å²) in [5.74, 6) is -1.26. The minimum absolute atomic E-state index is 0.116. The van der Waals surface area contributed by atoms with Gasteiger partial charge in [-0.3, -0.25) is 19.4 Å². The van der Waals surface area contributed by atoms with Gasteiger partial charge in [0.1, 0.15) is 11.6 Å². The summed E-state index contributed by atoms with van der Waals surface area (Å²) in [7, 11) is 0. The van der Waals surface area contributed by atoms with Gasteiger partial charge in [-0.25, -0.2) is 4.39 Å². The number of nitrogens with one attached hydrogen (secondary N) is 3. The fourth-order valence-electron chi connectivity index (χ4n) is 4.79. The number of fused-ring (bicyclic) bond motifs is 1. The van der Waals surface area contributed by atoms with E-state index >= 15 is 0 Å². The van der Waals surface area contributed by atoms with Crippen LogP contribution >= 0.6 is 0 Å². The van der Waals surface area contributed by atoms with Gasteiger partial charge in [0.05, 0.1) is 11.5 Å². The highest BCUT2D eigenvalue weighted by Gasteiger charge is 2.35. The molecule has 3 N–H and O–H groups in total. The second-order valence-electron chi connectivity index (χ2n) is 9.07. The molecule has 0 spiro atoms. The van der Waals surface area contributed by atoms with Crippen molar-refractivity contribution in [2.24, 2.45) is 5.92 Å². The van der Waals surface area contributed by atoms with E-state index in [-0.39, 0.29) is 23.7 Å². The molecule has 180 valence electrons. The lowest BCUT2D eigenvalue weighted by molar-refractivity contribution is -0.123. The topological polar surface area (TPSA) is 107 Å². The molecule has 0 radical (unpaired) electrons. The molecule has 2 aromatic carbocycles. The molecule has 1 saturated heterocycles. The molecular weight excluding hydrogens is 449 g/mol. The van der Waals surface area contributed by atoms with Crippen LogP contribution in [0.1, 0.15) is 36.3 Å². The third-order valence-electron chi connectivity index (χ3n) is 6.65. The average molecular weight is 476 g/mol. The van der Waals surface area contributed by atoms with E-state index in [1.807, 2.05) is 23.1 Å². The van der Waals surface area contributed by atoms with Gasteiger partial charge in [-0.2, -0.15) is 4.98 Å². The summed E-state index contributed by atoms with van der Waals surface area (Å²) in [6.07, 6.45) is 2.77. The highest BCUT2D eigenvalue weighted by atomic mass is 19.1. The Labute approximate surface area is 201 Å². The molecule has 0 unspecified atom stereocenters. The van der Waals surface area contributed by atoms with Crippen LogP contribution in [0.25, 0.3) is 0 Å². The van der Waals surface area contributed by atoms with Gasteiger partial charge >= 0.3 is 0 Å². The minimum Gasteiger partial charge on any atom is -0.342 e. The van der Waals surface area contributed by atoms with Crippen LogP contribution in [0, 0.1) is 11.7 Å². The zero-order valence-corrected chi connectivity index (χ0v) is 19.1. The largest absolute Gasteiger partial charge is 0.342 e. The van der Waals surface area contributed by atoms with Gasteiger partial charge in [0.2, 0.25) is 17.8 Å². The molecule has 0 bridgehead atoms. The lowest BCUT2D eigenvalue weighted by atomic mass is 9.90. The number of carbonyl (C=O) groups excluding carboxylic acids is 2. The van der Waals surface area contributed by atoms with Gasteiger partial charge in [0.15, 0.2) is 0 Å². The van der Waals surface area contributed by atoms with Crippen LogP contribution in [0.3, 0.4) is 0 Å². The number of hydrogen-bond donors (Lipinski definition) is 3. The molecule has 1 atom stereocenters. The van der Waals surface area contributed by atoms with Gasteiger partial charge in [0, 0.05) is 25.2 Å². The summed E-state index contributed by atoms with van der Waals surface area (Å²) in [6, 6.07) is 15.7.